The number of rotatable bonds is 7. The Bertz CT molecular complexity index is 910. The summed E-state index contributed by atoms with van der Waals surface area (Å²) in [5, 5.41) is 0. The molecule has 0 unspecified atom stereocenters. The largest absolute Gasteiger partial charge is 0.416 e. The lowest BCUT2D eigenvalue weighted by Crippen LogP contribution is -2.17. The van der Waals surface area contributed by atoms with Crippen LogP contribution in [0.25, 0.3) is 12.2 Å². The van der Waals surface area contributed by atoms with Gasteiger partial charge in [0.05, 0.1) is 5.57 Å². The number of alkyl halides is 3. The average molecular weight is 382 g/mol. The summed E-state index contributed by atoms with van der Waals surface area (Å²) in [6, 6.07) is 12.9. The highest BCUT2D eigenvalue weighted by molar-refractivity contribution is 5.53. The molecule has 0 radical (unpaired) electrons. The van der Waals surface area contributed by atoms with Crippen LogP contribution < -0.4 is 0 Å². The lowest BCUT2D eigenvalue weighted by molar-refractivity contribution is -0.0903. The zero-order valence-electron chi connectivity index (χ0n) is 16.4. The first-order valence-corrected chi connectivity index (χ1v) is 9.04. The van der Waals surface area contributed by atoms with E-state index >= 15 is 0 Å². The van der Waals surface area contributed by atoms with Gasteiger partial charge in [0.25, 0.3) is 0 Å². The Morgan fingerprint density at radius 1 is 0.929 bits per heavy atom. The van der Waals surface area contributed by atoms with Gasteiger partial charge in [0.1, 0.15) is 0 Å². The number of allylic oxidation sites excluding steroid dienone is 3. The Labute approximate surface area is 165 Å². The van der Waals surface area contributed by atoms with Gasteiger partial charge in [-0.15, -0.1) is 0 Å². The van der Waals surface area contributed by atoms with E-state index in [0.29, 0.717) is 0 Å². The molecule has 0 aliphatic carbocycles. The molecular weight excluding hydrogens is 357 g/mol. The Kier molecular flexibility index (Phi) is 6.85. The molecular formula is C25H25F3. The van der Waals surface area contributed by atoms with Gasteiger partial charge in [0.15, 0.2) is 0 Å². The van der Waals surface area contributed by atoms with Crippen molar-refractivity contribution in [2.75, 3.05) is 0 Å². The quantitative estimate of drug-likeness (QED) is 0.435. The molecule has 0 aromatic heterocycles. The summed E-state index contributed by atoms with van der Waals surface area (Å²) >= 11 is 0. The van der Waals surface area contributed by atoms with Crippen molar-refractivity contribution in [3.05, 3.63) is 107 Å². The molecule has 146 valence electrons. The molecule has 0 fully saturated rings. The number of aryl methyl sites for hydroxylation is 1. The summed E-state index contributed by atoms with van der Waals surface area (Å²) in [7, 11) is 0. The molecule has 3 heteroatoms. The van der Waals surface area contributed by atoms with Crippen LogP contribution in [0.3, 0.4) is 0 Å². The molecule has 0 saturated carbocycles. The predicted octanol–water partition coefficient (Wildman–Crippen LogP) is 7.50. The molecule has 0 N–H and O–H groups in total. The van der Waals surface area contributed by atoms with E-state index < -0.39 is 11.7 Å². The first kappa shape index (κ1) is 21.5. The zero-order valence-corrected chi connectivity index (χ0v) is 16.4. The topological polar surface area (TPSA) is 0 Å². The maximum Gasteiger partial charge on any atom is 0.416 e. The first-order chi connectivity index (χ1) is 13.2. The van der Waals surface area contributed by atoms with Crippen LogP contribution in [0.4, 0.5) is 13.2 Å². The molecule has 0 nitrogen and oxygen atoms in total. The molecule has 0 aliphatic heterocycles. The predicted molar refractivity (Wildman–Crippen MR) is 113 cm³/mol. The van der Waals surface area contributed by atoms with Crippen LogP contribution in [0.5, 0.6) is 0 Å². The molecule has 28 heavy (non-hydrogen) atoms. The first-order valence-electron chi connectivity index (χ1n) is 9.04. The van der Waals surface area contributed by atoms with Crippen LogP contribution in [-0.4, -0.2) is 6.18 Å². The fourth-order valence-electron chi connectivity index (χ4n) is 3.32. The lowest BCUT2D eigenvalue weighted by atomic mass is 9.91. The van der Waals surface area contributed by atoms with Crippen LogP contribution in [0.15, 0.2) is 78.9 Å². The molecule has 0 heterocycles. The molecule has 2 aromatic carbocycles. The summed E-state index contributed by atoms with van der Waals surface area (Å²) < 4.78 is 41.4. The fourth-order valence-corrected chi connectivity index (χ4v) is 3.32. The number of hydrogen-bond donors (Lipinski definition) is 0. The summed E-state index contributed by atoms with van der Waals surface area (Å²) in [6.45, 7) is 14.6. The maximum absolute atomic E-state index is 13.8. The molecule has 0 aliphatic rings. The monoisotopic (exact) mass is 382 g/mol. The number of halogens is 3. The van der Waals surface area contributed by atoms with Gasteiger partial charge in [-0.2, -0.15) is 13.2 Å². The summed E-state index contributed by atoms with van der Waals surface area (Å²) in [5.41, 5.74) is 4.25. The SMILES string of the molecule is C=Cc1ccc(C/C(C)=C(/C(=C)Cc2ccc(C=C)c(C)c2)C(F)(F)F)cc1. The number of hydrogen-bond acceptors (Lipinski definition) is 0. The molecule has 0 amide bonds. The van der Waals surface area contributed by atoms with Crippen molar-refractivity contribution in [3.8, 4) is 0 Å². The third-order valence-electron chi connectivity index (χ3n) is 4.72. The van der Waals surface area contributed by atoms with E-state index in [1.165, 1.54) is 6.92 Å². The summed E-state index contributed by atoms with van der Waals surface area (Å²) in [6.07, 6.45) is -0.635. The smallest absolute Gasteiger partial charge is 0.166 e. The second-order valence-electron chi connectivity index (χ2n) is 6.95. The van der Waals surface area contributed by atoms with E-state index in [-0.39, 0.29) is 24.0 Å². The van der Waals surface area contributed by atoms with Crippen molar-refractivity contribution in [1.29, 1.82) is 0 Å². The maximum atomic E-state index is 13.8. The van der Waals surface area contributed by atoms with Crippen molar-refractivity contribution in [1.82, 2.24) is 0 Å². The Morgan fingerprint density at radius 2 is 1.54 bits per heavy atom. The van der Waals surface area contributed by atoms with Crippen molar-refractivity contribution in [2.45, 2.75) is 32.9 Å². The van der Waals surface area contributed by atoms with E-state index in [0.717, 1.165) is 27.8 Å². The Morgan fingerprint density at radius 3 is 2.04 bits per heavy atom. The molecule has 0 atom stereocenters. The normalized spacial score (nSPS) is 12.3. The van der Waals surface area contributed by atoms with Crippen molar-refractivity contribution < 1.29 is 13.2 Å². The minimum absolute atomic E-state index is 0.0819. The summed E-state index contributed by atoms with van der Waals surface area (Å²) in [4.78, 5) is 0. The Balaban J connectivity index is 2.31. The molecule has 2 rings (SSSR count). The van der Waals surface area contributed by atoms with E-state index in [4.69, 9.17) is 0 Å². The van der Waals surface area contributed by atoms with Gasteiger partial charge in [-0.1, -0.05) is 79.9 Å². The van der Waals surface area contributed by atoms with Crippen LogP contribution in [0.2, 0.25) is 0 Å². The van der Waals surface area contributed by atoms with Gasteiger partial charge >= 0.3 is 6.18 Å². The van der Waals surface area contributed by atoms with Crippen LogP contribution in [0, 0.1) is 6.92 Å². The Hall–Kier alpha value is -2.81. The molecule has 0 bridgehead atoms. The fraction of sp³-hybridized carbons (Fsp3) is 0.200. The van der Waals surface area contributed by atoms with Crippen molar-refractivity contribution >= 4 is 12.2 Å². The molecule has 2 aromatic rings. The van der Waals surface area contributed by atoms with Crippen LogP contribution in [0.1, 0.15) is 34.7 Å². The van der Waals surface area contributed by atoms with Gasteiger partial charge in [0.2, 0.25) is 0 Å². The number of benzene rings is 2. The third kappa shape index (κ3) is 5.35. The van der Waals surface area contributed by atoms with E-state index in [1.54, 1.807) is 12.2 Å². The summed E-state index contributed by atoms with van der Waals surface area (Å²) in [5.74, 6) is 0. The van der Waals surface area contributed by atoms with Crippen LogP contribution in [-0.2, 0) is 12.8 Å². The van der Waals surface area contributed by atoms with Crippen molar-refractivity contribution in [2.24, 2.45) is 0 Å². The highest BCUT2D eigenvalue weighted by atomic mass is 19.4. The molecule has 0 spiro atoms. The van der Waals surface area contributed by atoms with Gasteiger partial charge < -0.3 is 0 Å². The van der Waals surface area contributed by atoms with Crippen LogP contribution >= 0.6 is 0 Å². The van der Waals surface area contributed by atoms with Gasteiger partial charge in [-0.25, -0.2) is 0 Å². The van der Waals surface area contributed by atoms with E-state index in [2.05, 4.69) is 19.7 Å². The van der Waals surface area contributed by atoms with Gasteiger partial charge in [-0.3, -0.25) is 0 Å². The highest BCUT2D eigenvalue weighted by Gasteiger charge is 2.36. The molecule has 0 saturated heterocycles. The second kappa shape index (κ2) is 8.92. The third-order valence-corrected chi connectivity index (χ3v) is 4.72. The van der Waals surface area contributed by atoms with E-state index in [1.807, 2.05) is 49.4 Å². The van der Waals surface area contributed by atoms with E-state index in [9.17, 15) is 13.2 Å². The lowest BCUT2D eigenvalue weighted by Gasteiger charge is -2.19. The second-order valence-corrected chi connectivity index (χ2v) is 6.95. The van der Waals surface area contributed by atoms with Gasteiger partial charge in [-0.05, 0) is 60.1 Å². The average Bonchev–Trinajstić information content (AvgIpc) is 2.61. The van der Waals surface area contributed by atoms with Crippen molar-refractivity contribution in [3.63, 3.8) is 0 Å². The minimum atomic E-state index is -4.45. The standard InChI is InChI=1S/C25H25F3/c1-6-20-8-10-21(11-9-20)15-18(4)24(25(26,27)28)19(5)16-22-12-13-23(7-2)17(3)14-22/h6-14H,1-2,5,15-16H2,3-4H3/b24-18-. The highest BCUT2D eigenvalue weighted by Crippen LogP contribution is 2.35. The zero-order chi connectivity index (χ0) is 20.9. The van der Waals surface area contributed by atoms with Gasteiger partial charge in [0, 0.05) is 0 Å². The minimum Gasteiger partial charge on any atom is -0.166 e.